The number of rotatable bonds is 9. The standard InChI is InChI=1S/C24H25I2NO5/c1-13(2)14(3)31-21(28)12-20-22(16-6-4-5-7-19(16)32-20)23(29)15-10-17(25)24(18(26)11-15)30-9-8-27/h4-7,10-11,13-14H,8-9,12,27H2,1-3H3. The topological polar surface area (TPSA) is 91.8 Å². The van der Waals surface area contributed by atoms with Crippen molar-refractivity contribution in [1.82, 2.24) is 0 Å². The number of ketones is 1. The van der Waals surface area contributed by atoms with Crippen LogP contribution in [0, 0.1) is 13.1 Å². The van der Waals surface area contributed by atoms with E-state index in [4.69, 9.17) is 19.6 Å². The molecule has 170 valence electrons. The van der Waals surface area contributed by atoms with Gasteiger partial charge in [-0.3, -0.25) is 9.59 Å². The van der Waals surface area contributed by atoms with E-state index in [0.29, 0.717) is 46.8 Å². The van der Waals surface area contributed by atoms with Gasteiger partial charge in [0.2, 0.25) is 0 Å². The first-order valence-corrected chi connectivity index (χ1v) is 12.4. The van der Waals surface area contributed by atoms with E-state index in [-0.39, 0.29) is 24.2 Å². The molecule has 32 heavy (non-hydrogen) atoms. The van der Waals surface area contributed by atoms with Gasteiger partial charge in [0.1, 0.15) is 36.2 Å². The lowest BCUT2D eigenvalue weighted by atomic mass is 9.99. The van der Waals surface area contributed by atoms with Crippen molar-refractivity contribution in [3.63, 3.8) is 0 Å². The number of nitrogens with two attached hydrogens (primary N) is 1. The van der Waals surface area contributed by atoms with Crippen LogP contribution in [0.1, 0.15) is 42.5 Å². The molecule has 2 aromatic carbocycles. The van der Waals surface area contributed by atoms with Crippen molar-refractivity contribution in [3.05, 3.63) is 60.4 Å². The Labute approximate surface area is 214 Å². The van der Waals surface area contributed by atoms with Crippen molar-refractivity contribution < 1.29 is 23.5 Å². The minimum atomic E-state index is -0.422. The quantitative estimate of drug-likeness (QED) is 0.189. The molecule has 3 rings (SSSR count). The molecule has 1 unspecified atom stereocenters. The van der Waals surface area contributed by atoms with Gasteiger partial charge in [0.15, 0.2) is 5.78 Å². The molecule has 0 amide bonds. The van der Waals surface area contributed by atoms with E-state index in [1.165, 1.54) is 0 Å². The van der Waals surface area contributed by atoms with Crippen LogP contribution < -0.4 is 10.5 Å². The van der Waals surface area contributed by atoms with Crippen molar-refractivity contribution in [3.8, 4) is 5.75 Å². The van der Waals surface area contributed by atoms with E-state index in [1.807, 2.05) is 39.0 Å². The molecule has 0 aliphatic heterocycles. The van der Waals surface area contributed by atoms with Gasteiger partial charge in [-0.05, 0) is 76.2 Å². The van der Waals surface area contributed by atoms with Gasteiger partial charge < -0.3 is 19.6 Å². The number of furan rings is 1. The summed E-state index contributed by atoms with van der Waals surface area (Å²) in [5.74, 6) is 0.576. The third-order valence-corrected chi connectivity index (χ3v) is 6.68. The average Bonchev–Trinajstić information content (AvgIpc) is 3.09. The highest BCUT2D eigenvalue weighted by Crippen LogP contribution is 2.33. The number of hydrogen-bond donors (Lipinski definition) is 1. The van der Waals surface area contributed by atoms with Crippen molar-refractivity contribution in [2.45, 2.75) is 33.3 Å². The maximum absolute atomic E-state index is 13.6. The fraction of sp³-hybridized carbons (Fsp3) is 0.333. The summed E-state index contributed by atoms with van der Waals surface area (Å²) in [4.78, 5) is 26.2. The summed E-state index contributed by atoms with van der Waals surface area (Å²) >= 11 is 4.30. The molecule has 1 heterocycles. The molecule has 0 bridgehead atoms. The molecule has 0 saturated carbocycles. The number of hydrogen-bond acceptors (Lipinski definition) is 6. The highest BCUT2D eigenvalue weighted by molar-refractivity contribution is 14.1. The highest BCUT2D eigenvalue weighted by Gasteiger charge is 2.26. The van der Waals surface area contributed by atoms with Crippen LogP contribution in [-0.2, 0) is 16.0 Å². The smallest absolute Gasteiger partial charge is 0.313 e. The molecule has 1 aromatic heterocycles. The summed E-state index contributed by atoms with van der Waals surface area (Å²) in [6, 6.07) is 10.8. The number of carbonyl (C=O) groups excluding carboxylic acids is 2. The van der Waals surface area contributed by atoms with Crippen LogP contribution in [0.15, 0.2) is 40.8 Å². The normalized spacial score (nSPS) is 12.2. The Morgan fingerprint density at radius 3 is 2.38 bits per heavy atom. The minimum absolute atomic E-state index is 0.112. The Bertz CT molecular complexity index is 1120. The van der Waals surface area contributed by atoms with Gasteiger partial charge in [-0.2, -0.15) is 0 Å². The second-order valence-corrected chi connectivity index (χ2v) is 10.1. The average molecular weight is 661 g/mol. The van der Waals surface area contributed by atoms with Crippen LogP contribution in [0.25, 0.3) is 11.0 Å². The zero-order chi connectivity index (χ0) is 23.4. The van der Waals surface area contributed by atoms with Crippen LogP contribution in [0.5, 0.6) is 5.75 Å². The van der Waals surface area contributed by atoms with E-state index in [2.05, 4.69) is 45.2 Å². The Hall–Kier alpha value is -1.66. The molecule has 0 spiro atoms. The maximum atomic E-state index is 13.6. The predicted molar refractivity (Wildman–Crippen MR) is 140 cm³/mol. The van der Waals surface area contributed by atoms with Gasteiger partial charge >= 0.3 is 5.97 Å². The first kappa shape index (κ1) is 25.0. The number of esters is 1. The first-order chi connectivity index (χ1) is 15.2. The molecule has 0 radical (unpaired) electrons. The van der Waals surface area contributed by atoms with E-state index >= 15 is 0 Å². The third-order valence-electron chi connectivity index (χ3n) is 5.08. The number of ether oxygens (including phenoxy) is 2. The molecular weight excluding hydrogens is 636 g/mol. The zero-order valence-corrected chi connectivity index (χ0v) is 22.4. The predicted octanol–water partition coefficient (Wildman–Crippen LogP) is 5.34. The van der Waals surface area contributed by atoms with Crippen LogP contribution in [-0.4, -0.2) is 31.0 Å². The zero-order valence-electron chi connectivity index (χ0n) is 18.1. The first-order valence-electron chi connectivity index (χ1n) is 10.3. The molecule has 2 N–H and O–H groups in total. The SMILES string of the molecule is CC(C)C(C)OC(=O)Cc1oc2ccccc2c1C(=O)c1cc(I)c(OCCN)c(I)c1. The molecule has 0 aliphatic carbocycles. The molecule has 6 nitrogen and oxygen atoms in total. The second kappa shape index (κ2) is 11.0. The van der Waals surface area contributed by atoms with Crippen molar-refractivity contribution in [2.24, 2.45) is 11.7 Å². The molecule has 1 atom stereocenters. The summed E-state index contributed by atoms with van der Waals surface area (Å²) in [5, 5.41) is 0.672. The largest absolute Gasteiger partial charge is 0.490 e. The van der Waals surface area contributed by atoms with E-state index in [9.17, 15) is 9.59 Å². The highest BCUT2D eigenvalue weighted by atomic mass is 127. The molecular formula is C24H25I2NO5. The monoisotopic (exact) mass is 661 g/mol. The fourth-order valence-electron chi connectivity index (χ4n) is 3.12. The Morgan fingerprint density at radius 1 is 1.09 bits per heavy atom. The molecule has 8 heteroatoms. The number of fused-ring (bicyclic) bond motifs is 1. The van der Waals surface area contributed by atoms with Crippen molar-refractivity contribution >= 4 is 67.9 Å². The summed E-state index contributed by atoms with van der Waals surface area (Å²) < 4.78 is 18.8. The van der Waals surface area contributed by atoms with Gasteiger partial charge in [0.05, 0.1) is 12.7 Å². The summed E-state index contributed by atoms with van der Waals surface area (Å²) in [5.41, 5.74) is 6.98. The number of halogens is 2. The Morgan fingerprint density at radius 2 is 1.75 bits per heavy atom. The van der Waals surface area contributed by atoms with Gasteiger partial charge in [-0.15, -0.1) is 0 Å². The number of para-hydroxylation sites is 1. The molecule has 0 saturated heterocycles. The van der Waals surface area contributed by atoms with Gasteiger partial charge in [-0.25, -0.2) is 0 Å². The van der Waals surface area contributed by atoms with Crippen molar-refractivity contribution in [1.29, 1.82) is 0 Å². The lowest BCUT2D eigenvalue weighted by Crippen LogP contribution is -2.21. The Kier molecular flexibility index (Phi) is 8.56. The molecule has 0 fully saturated rings. The van der Waals surface area contributed by atoms with Crippen molar-refractivity contribution in [2.75, 3.05) is 13.2 Å². The number of benzene rings is 2. The molecule has 3 aromatic rings. The molecule has 0 aliphatic rings. The maximum Gasteiger partial charge on any atom is 0.313 e. The van der Waals surface area contributed by atoms with E-state index in [1.54, 1.807) is 18.2 Å². The lowest BCUT2D eigenvalue weighted by molar-refractivity contribution is -0.149. The third kappa shape index (κ3) is 5.63. The second-order valence-electron chi connectivity index (χ2n) is 7.75. The fourth-order valence-corrected chi connectivity index (χ4v) is 5.20. The number of carbonyl (C=O) groups is 2. The van der Waals surface area contributed by atoms with E-state index in [0.717, 1.165) is 7.14 Å². The van der Waals surface area contributed by atoms with Crippen LogP contribution in [0.4, 0.5) is 0 Å². The van der Waals surface area contributed by atoms with Gasteiger partial charge in [-0.1, -0.05) is 32.0 Å². The lowest BCUT2D eigenvalue weighted by Gasteiger charge is -2.16. The van der Waals surface area contributed by atoms with Gasteiger partial charge in [0.25, 0.3) is 0 Å². The van der Waals surface area contributed by atoms with Gasteiger partial charge in [0, 0.05) is 17.5 Å². The minimum Gasteiger partial charge on any atom is -0.490 e. The summed E-state index contributed by atoms with van der Waals surface area (Å²) in [7, 11) is 0. The van der Waals surface area contributed by atoms with Crippen LogP contribution in [0.2, 0.25) is 0 Å². The van der Waals surface area contributed by atoms with E-state index < -0.39 is 5.97 Å². The Balaban J connectivity index is 1.99. The van der Waals surface area contributed by atoms with Crippen LogP contribution in [0.3, 0.4) is 0 Å². The van der Waals surface area contributed by atoms with Crippen LogP contribution >= 0.6 is 45.2 Å². The summed E-state index contributed by atoms with van der Waals surface area (Å²) in [6.45, 7) is 6.62. The summed E-state index contributed by atoms with van der Waals surface area (Å²) in [6.07, 6.45) is -0.339.